The van der Waals surface area contributed by atoms with E-state index in [1.807, 2.05) is 0 Å². The van der Waals surface area contributed by atoms with Crippen molar-refractivity contribution in [3.8, 4) is 6.07 Å². The van der Waals surface area contributed by atoms with Crippen molar-refractivity contribution in [1.29, 1.82) is 5.26 Å². The van der Waals surface area contributed by atoms with E-state index in [0.29, 0.717) is 17.9 Å². The summed E-state index contributed by atoms with van der Waals surface area (Å²) in [6, 6.07) is 10.9. The number of hydrogen-bond donors (Lipinski definition) is 0. The van der Waals surface area contributed by atoms with Gasteiger partial charge in [0.25, 0.3) is 0 Å². The highest BCUT2D eigenvalue weighted by Gasteiger charge is 2.25. The van der Waals surface area contributed by atoms with Gasteiger partial charge in [-0.15, -0.1) is 0 Å². The Kier molecular flexibility index (Phi) is 8.74. The first kappa shape index (κ1) is 22.0. The Morgan fingerprint density at radius 1 is 1.07 bits per heavy atom. The summed E-state index contributed by atoms with van der Waals surface area (Å²) in [5.74, 6) is 0.886. The molecule has 0 saturated heterocycles. The normalized spacial score (nSPS) is 28.1. The first-order chi connectivity index (χ1) is 14.2. The van der Waals surface area contributed by atoms with E-state index >= 15 is 0 Å². The number of nitriles is 1. The van der Waals surface area contributed by atoms with Crippen LogP contribution in [0.3, 0.4) is 0 Å². The minimum atomic E-state index is -0.628. The molecule has 0 aliphatic heterocycles. The maximum absolute atomic E-state index is 13.1. The van der Waals surface area contributed by atoms with Crippen LogP contribution in [0.2, 0.25) is 0 Å². The first-order valence-electron chi connectivity index (χ1n) is 11.7. The van der Waals surface area contributed by atoms with E-state index in [0.717, 1.165) is 45.1 Å². The van der Waals surface area contributed by atoms with Crippen LogP contribution in [0.25, 0.3) is 0 Å². The largest absolute Gasteiger partial charge is 0.378 e. The molecule has 0 unspecified atom stereocenters. The molecule has 3 heteroatoms. The molecular weight excluding hydrogens is 361 g/mol. The second-order valence-corrected chi connectivity index (χ2v) is 9.06. The van der Waals surface area contributed by atoms with Crippen LogP contribution in [0.1, 0.15) is 88.2 Å². The summed E-state index contributed by atoms with van der Waals surface area (Å²) < 4.78 is 19.4. The van der Waals surface area contributed by atoms with Crippen molar-refractivity contribution < 1.29 is 9.13 Å². The number of benzene rings is 1. The standard InChI is InChI=1S/C26H36FNO/c1-2-3-4-20-9-11-23(12-10-20)24-13-15-26(16-14-24)29-19-22-7-5-21(6-8-22)17-25(27)18-28/h9-12,17,21-22,24,26H,2-8,13-16,19H2,1H3. The number of unbranched alkanes of at least 4 members (excludes halogenated alkanes) is 1. The lowest BCUT2D eigenvalue weighted by Crippen LogP contribution is -2.25. The van der Waals surface area contributed by atoms with Crippen LogP contribution in [0.5, 0.6) is 0 Å². The van der Waals surface area contributed by atoms with Gasteiger partial charge >= 0.3 is 0 Å². The van der Waals surface area contributed by atoms with Gasteiger partial charge in [0, 0.05) is 6.61 Å². The zero-order chi connectivity index (χ0) is 20.5. The van der Waals surface area contributed by atoms with Crippen molar-refractivity contribution >= 4 is 0 Å². The Balaban J connectivity index is 1.35. The van der Waals surface area contributed by atoms with Crippen molar-refractivity contribution in [1.82, 2.24) is 0 Å². The third-order valence-corrected chi connectivity index (χ3v) is 6.89. The van der Waals surface area contributed by atoms with Crippen molar-refractivity contribution in [3.05, 3.63) is 47.3 Å². The summed E-state index contributed by atoms with van der Waals surface area (Å²) in [7, 11) is 0. The number of rotatable bonds is 8. The summed E-state index contributed by atoms with van der Waals surface area (Å²) in [4.78, 5) is 0. The monoisotopic (exact) mass is 397 g/mol. The molecule has 0 radical (unpaired) electrons. The second kappa shape index (κ2) is 11.5. The van der Waals surface area contributed by atoms with Crippen LogP contribution < -0.4 is 0 Å². The number of allylic oxidation sites excluding steroid dienone is 2. The predicted octanol–water partition coefficient (Wildman–Crippen LogP) is 7.26. The third-order valence-electron chi connectivity index (χ3n) is 6.89. The molecular formula is C26H36FNO. The maximum atomic E-state index is 13.1. The minimum absolute atomic E-state index is 0.231. The lowest BCUT2D eigenvalue weighted by atomic mass is 9.81. The molecule has 2 aliphatic carbocycles. The van der Waals surface area contributed by atoms with Gasteiger partial charge in [0.2, 0.25) is 0 Å². The van der Waals surface area contributed by atoms with Crippen molar-refractivity contribution in [2.24, 2.45) is 11.8 Å². The molecule has 1 aromatic carbocycles. The second-order valence-electron chi connectivity index (χ2n) is 9.06. The van der Waals surface area contributed by atoms with Crippen LogP contribution in [-0.4, -0.2) is 12.7 Å². The van der Waals surface area contributed by atoms with E-state index < -0.39 is 5.83 Å². The van der Waals surface area contributed by atoms with Gasteiger partial charge in [0.1, 0.15) is 6.07 Å². The van der Waals surface area contributed by atoms with Crippen LogP contribution >= 0.6 is 0 Å². The van der Waals surface area contributed by atoms with Crippen molar-refractivity contribution in [2.45, 2.75) is 89.6 Å². The lowest BCUT2D eigenvalue weighted by molar-refractivity contribution is -0.00340. The molecule has 0 heterocycles. The summed E-state index contributed by atoms with van der Waals surface area (Å²) >= 11 is 0. The number of ether oxygens (including phenoxy) is 1. The molecule has 0 amide bonds. The average molecular weight is 398 g/mol. The Morgan fingerprint density at radius 3 is 2.38 bits per heavy atom. The fourth-order valence-electron chi connectivity index (χ4n) is 4.94. The van der Waals surface area contributed by atoms with Crippen LogP contribution in [0.15, 0.2) is 36.2 Å². The molecule has 0 aromatic heterocycles. The average Bonchev–Trinajstić information content (AvgIpc) is 2.78. The lowest BCUT2D eigenvalue weighted by Gasteiger charge is -2.32. The Hall–Kier alpha value is -1.66. The van der Waals surface area contributed by atoms with Gasteiger partial charge in [0.05, 0.1) is 6.10 Å². The van der Waals surface area contributed by atoms with Crippen LogP contribution in [0.4, 0.5) is 4.39 Å². The molecule has 158 valence electrons. The van der Waals surface area contributed by atoms with E-state index in [9.17, 15) is 4.39 Å². The number of hydrogen-bond acceptors (Lipinski definition) is 2. The van der Waals surface area contributed by atoms with E-state index in [-0.39, 0.29) is 5.92 Å². The van der Waals surface area contributed by atoms with Gasteiger partial charge in [-0.25, -0.2) is 0 Å². The Labute approximate surface area is 176 Å². The molecule has 29 heavy (non-hydrogen) atoms. The number of nitrogens with zero attached hydrogens (tertiary/aromatic N) is 1. The van der Waals surface area contributed by atoms with Gasteiger partial charge < -0.3 is 4.74 Å². The van der Waals surface area contributed by atoms with Gasteiger partial charge in [-0.1, -0.05) is 37.6 Å². The zero-order valence-corrected chi connectivity index (χ0v) is 17.9. The van der Waals surface area contributed by atoms with E-state index in [1.54, 1.807) is 6.07 Å². The molecule has 2 fully saturated rings. The molecule has 0 bridgehead atoms. The van der Waals surface area contributed by atoms with E-state index in [4.69, 9.17) is 10.00 Å². The fraction of sp³-hybridized carbons (Fsp3) is 0.654. The number of halogens is 1. The molecule has 3 rings (SSSR count). The van der Waals surface area contributed by atoms with Gasteiger partial charge in [-0.2, -0.15) is 9.65 Å². The summed E-state index contributed by atoms with van der Waals surface area (Å²) in [5.41, 5.74) is 2.97. The molecule has 2 saturated carbocycles. The van der Waals surface area contributed by atoms with Crippen molar-refractivity contribution in [2.75, 3.05) is 6.61 Å². The SMILES string of the molecule is CCCCc1ccc(C2CCC(OCC3CCC(C=C(F)C#N)CC3)CC2)cc1. The minimum Gasteiger partial charge on any atom is -0.378 e. The maximum Gasteiger partial charge on any atom is 0.196 e. The van der Waals surface area contributed by atoms with E-state index in [2.05, 4.69) is 31.2 Å². The van der Waals surface area contributed by atoms with Crippen LogP contribution in [0, 0.1) is 23.2 Å². The summed E-state index contributed by atoms with van der Waals surface area (Å²) in [6.07, 6.45) is 14.5. The highest BCUT2D eigenvalue weighted by atomic mass is 19.1. The topological polar surface area (TPSA) is 33.0 Å². The van der Waals surface area contributed by atoms with Gasteiger partial charge in [-0.05, 0) is 99.2 Å². The quantitative estimate of drug-likeness (QED) is 0.433. The van der Waals surface area contributed by atoms with Crippen LogP contribution in [-0.2, 0) is 11.2 Å². The molecule has 0 atom stereocenters. The van der Waals surface area contributed by atoms with Gasteiger partial charge in [-0.3, -0.25) is 0 Å². The predicted molar refractivity (Wildman–Crippen MR) is 116 cm³/mol. The highest BCUT2D eigenvalue weighted by molar-refractivity contribution is 5.26. The summed E-state index contributed by atoms with van der Waals surface area (Å²) in [6.45, 7) is 3.09. The van der Waals surface area contributed by atoms with Crippen molar-refractivity contribution in [3.63, 3.8) is 0 Å². The number of aryl methyl sites for hydroxylation is 1. The summed E-state index contributed by atoms with van der Waals surface area (Å²) in [5, 5.41) is 8.57. The third kappa shape index (κ3) is 6.96. The molecule has 2 nitrogen and oxygen atoms in total. The van der Waals surface area contributed by atoms with Gasteiger partial charge in [0.15, 0.2) is 5.83 Å². The molecule has 2 aliphatic rings. The Bertz CT molecular complexity index is 674. The smallest absolute Gasteiger partial charge is 0.196 e. The molecule has 0 spiro atoms. The first-order valence-corrected chi connectivity index (χ1v) is 11.7. The fourth-order valence-corrected chi connectivity index (χ4v) is 4.94. The highest BCUT2D eigenvalue weighted by Crippen LogP contribution is 2.36. The molecule has 0 N–H and O–H groups in total. The Morgan fingerprint density at radius 2 is 1.76 bits per heavy atom. The van der Waals surface area contributed by atoms with E-state index in [1.165, 1.54) is 49.3 Å². The molecule has 1 aromatic rings. The zero-order valence-electron chi connectivity index (χ0n) is 17.9.